The predicted molar refractivity (Wildman–Crippen MR) is 86.6 cm³/mol. The molecule has 0 aliphatic rings. The summed E-state index contributed by atoms with van der Waals surface area (Å²) < 4.78 is 2.06. The number of benzene rings is 1. The number of aromatic nitrogens is 3. The summed E-state index contributed by atoms with van der Waals surface area (Å²) in [5.41, 5.74) is 3.33. The first kappa shape index (κ1) is 13.6. The molecule has 0 saturated heterocycles. The summed E-state index contributed by atoms with van der Waals surface area (Å²) in [5.74, 6) is 0.932. The number of nitrogens with one attached hydrogen (secondary N) is 1. The molecule has 0 saturated carbocycles. The van der Waals surface area contributed by atoms with Gasteiger partial charge in [-0.05, 0) is 44.5 Å². The van der Waals surface area contributed by atoms with Crippen molar-refractivity contribution in [2.45, 2.75) is 26.8 Å². The van der Waals surface area contributed by atoms with Crippen molar-refractivity contribution in [2.75, 3.05) is 11.9 Å². The molecule has 0 aliphatic heterocycles. The molecule has 0 fully saturated rings. The quantitative estimate of drug-likeness (QED) is 0.727. The van der Waals surface area contributed by atoms with E-state index in [-0.39, 0.29) is 0 Å². The first-order chi connectivity index (χ1) is 10.2. The first-order valence-corrected chi connectivity index (χ1v) is 7.33. The molecule has 2 aromatic heterocycles. The van der Waals surface area contributed by atoms with Gasteiger partial charge in [-0.2, -0.15) is 5.10 Å². The Labute approximate surface area is 124 Å². The van der Waals surface area contributed by atoms with Crippen LogP contribution in [0.15, 0.2) is 42.5 Å². The van der Waals surface area contributed by atoms with Crippen molar-refractivity contribution in [3.8, 4) is 0 Å². The molecule has 0 aliphatic carbocycles. The average molecular weight is 280 g/mol. The lowest BCUT2D eigenvalue weighted by Crippen LogP contribution is -2.09. The van der Waals surface area contributed by atoms with E-state index in [9.17, 15) is 0 Å². The minimum atomic E-state index is 0.893. The lowest BCUT2D eigenvalue weighted by molar-refractivity contribution is 0.573. The van der Waals surface area contributed by atoms with Crippen LogP contribution in [0.3, 0.4) is 0 Å². The maximum atomic E-state index is 4.61. The molecule has 4 heteroatoms. The minimum absolute atomic E-state index is 0.893. The molecule has 0 atom stereocenters. The molecule has 3 rings (SSSR count). The van der Waals surface area contributed by atoms with Crippen molar-refractivity contribution in [3.05, 3.63) is 53.9 Å². The van der Waals surface area contributed by atoms with Crippen LogP contribution in [0.25, 0.3) is 10.9 Å². The predicted octanol–water partition coefficient (Wildman–Crippen LogP) is 3.55. The van der Waals surface area contributed by atoms with Gasteiger partial charge < -0.3 is 5.32 Å². The van der Waals surface area contributed by atoms with Gasteiger partial charge in [0.2, 0.25) is 0 Å². The number of hydrogen-bond donors (Lipinski definition) is 1. The Balaban J connectivity index is 1.55. The van der Waals surface area contributed by atoms with Crippen LogP contribution in [0.2, 0.25) is 0 Å². The van der Waals surface area contributed by atoms with Crippen molar-refractivity contribution in [2.24, 2.45) is 0 Å². The largest absolute Gasteiger partial charge is 0.370 e. The van der Waals surface area contributed by atoms with Gasteiger partial charge in [-0.3, -0.25) is 4.68 Å². The van der Waals surface area contributed by atoms with E-state index in [0.29, 0.717) is 0 Å². The summed E-state index contributed by atoms with van der Waals surface area (Å²) in [7, 11) is 0. The van der Waals surface area contributed by atoms with Crippen LogP contribution < -0.4 is 5.32 Å². The van der Waals surface area contributed by atoms with Gasteiger partial charge in [-0.25, -0.2) is 4.98 Å². The average Bonchev–Trinajstić information content (AvgIpc) is 2.81. The molecule has 21 heavy (non-hydrogen) atoms. The molecule has 1 aromatic carbocycles. The highest BCUT2D eigenvalue weighted by molar-refractivity contribution is 5.79. The number of pyridine rings is 1. The van der Waals surface area contributed by atoms with E-state index in [1.807, 2.05) is 31.2 Å². The highest BCUT2D eigenvalue weighted by Crippen LogP contribution is 2.14. The molecule has 0 bridgehead atoms. The van der Waals surface area contributed by atoms with Crippen LogP contribution >= 0.6 is 0 Å². The number of rotatable bonds is 5. The van der Waals surface area contributed by atoms with Gasteiger partial charge in [0.1, 0.15) is 5.82 Å². The molecular formula is C17H20N4. The zero-order valence-corrected chi connectivity index (χ0v) is 12.5. The molecule has 0 spiro atoms. The van der Waals surface area contributed by atoms with Crippen molar-refractivity contribution in [1.29, 1.82) is 0 Å². The summed E-state index contributed by atoms with van der Waals surface area (Å²) in [6.45, 7) is 5.95. The maximum Gasteiger partial charge on any atom is 0.126 e. The van der Waals surface area contributed by atoms with Gasteiger partial charge >= 0.3 is 0 Å². The normalized spacial score (nSPS) is 11.0. The second-order valence-electron chi connectivity index (χ2n) is 5.32. The molecule has 0 radical (unpaired) electrons. The Bertz CT molecular complexity index is 745. The summed E-state index contributed by atoms with van der Waals surface area (Å²) >= 11 is 0. The van der Waals surface area contributed by atoms with Crippen LogP contribution in [0, 0.1) is 13.8 Å². The highest BCUT2D eigenvalue weighted by atomic mass is 15.3. The van der Waals surface area contributed by atoms with Gasteiger partial charge in [0.15, 0.2) is 0 Å². The fraction of sp³-hybridized carbons (Fsp3) is 0.294. The third kappa shape index (κ3) is 3.21. The standard InChI is InChI=1S/C17H20N4/c1-13-12-14(2)21(20-13)11-5-10-18-17-9-8-15-6-3-4-7-16(15)19-17/h3-4,6-9,12H,5,10-11H2,1-2H3,(H,18,19). The molecule has 108 valence electrons. The molecule has 0 unspecified atom stereocenters. The smallest absolute Gasteiger partial charge is 0.126 e. The number of aryl methyl sites for hydroxylation is 3. The lowest BCUT2D eigenvalue weighted by Gasteiger charge is -2.08. The topological polar surface area (TPSA) is 42.7 Å². The molecular weight excluding hydrogens is 260 g/mol. The Hall–Kier alpha value is -2.36. The molecule has 0 amide bonds. The number of nitrogens with zero attached hydrogens (tertiary/aromatic N) is 3. The zero-order chi connectivity index (χ0) is 14.7. The Morgan fingerprint density at radius 1 is 1.10 bits per heavy atom. The molecule has 2 heterocycles. The Morgan fingerprint density at radius 3 is 2.76 bits per heavy atom. The lowest BCUT2D eigenvalue weighted by atomic mass is 10.2. The van der Waals surface area contributed by atoms with Crippen molar-refractivity contribution in [3.63, 3.8) is 0 Å². The van der Waals surface area contributed by atoms with Gasteiger partial charge in [-0.1, -0.05) is 18.2 Å². The number of anilines is 1. The number of fused-ring (bicyclic) bond motifs is 1. The third-order valence-electron chi connectivity index (χ3n) is 3.55. The fourth-order valence-electron chi connectivity index (χ4n) is 2.51. The van der Waals surface area contributed by atoms with Crippen LogP contribution in [-0.2, 0) is 6.54 Å². The summed E-state index contributed by atoms with van der Waals surface area (Å²) in [6.07, 6.45) is 1.02. The van der Waals surface area contributed by atoms with E-state index in [1.54, 1.807) is 0 Å². The maximum absolute atomic E-state index is 4.61. The van der Waals surface area contributed by atoms with Crippen molar-refractivity contribution < 1.29 is 0 Å². The zero-order valence-electron chi connectivity index (χ0n) is 12.5. The minimum Gasteiger partial charge on any atom is -0.370 e. The SMILES string of the molecule is Cc1cc(C)n(CCCNc2ccc3ccccc3n2)n1. The second kappa shape index (κ2) is 5.95. The summed E-state index contributed by atoms with van der Waals surface area (Å²) in [5, 5.41) is 9.02. The van der Waals surface area contributed by atoms with Crippen LogP contribution in [-0.4, -0.2) is 21.3 Å². The number of para-hydroxylation sites is 1. The van der Waals surface area contributed by atoms with Gasteiger partial charge in [-0.15, -0.1) is 0 Å². The molecule has 1 N–H and O–H groups in total. The Morgan fingerprint density at radius 2 is 1.95 bits per heavy atom. The van der Waals surface area contributed by atoms with E-state index in [1.165, 1.54) is 11.1 Å². The van der Waals surface area contributed by atoms with Crippen molar-refractivity contribution in [1.82, 2.24) is 14.8 Å². The van der Waals surface area contributed by atoms with Crippen molar-refractivity contribution >= 4 is 16.7 Å². The number of hydrogen-bond acceptors (Lipinski definition) is 3. The van der Waals surface area contributed by atoms with E-state index < -0.39 is 0 Å². The highest BCUT2D eigenvalue weighted by Gasteiger charge is 2.01. The van der Waals surface area contributed by atoms with Gasteiger partial charge in [0.05, 0.1) is 11.2 Å². The van der Waals surface area contributed by atoms with Crippen LogP contribution in [0.1, 0.15) is 17.8 Å². The van der Waals surface area contributed by atoms with E-state index in [4.69, 9.17) is 0 Å². The molecule has 3 aromatic rings. The van der Waals surface area contributed by atoms with Gasteiger partial charge in [0.25, 0.3) is 0 Å². The first-order valence-electron chi connectivity index (χ1n) is 7.33. The Kier molecular flexibility index (Phi) is 3.86. The second-order valence-corrected chi connectivity index (χ2v) is 5.32. The van der Waals surface area contributed by atoms with Gasteiger partial charge in [0, 0.05) is 24.2 Å². The van der Waals surface area contributed by atoms with Crippen LogP contribution in [0.4, 0.5) is 5.82 Å². The van der Waals surface area contributed by atoms with E-state index in [0.717, 1.165) is 36.5 Å². The third-order valence-corrected chi connectivity index (χ3v) is 3.55. The summed E-state index contributed by atoms with van der Waals surface area (Å²) in [4.78, 5) is 4.61. The van der Waals surface area contributed by atoms with E-state index in [2.05, 4.69) is 45.2 Å². The van der Waals surface area contributed by atoms with Crippen LogP contribution in [0.5, 0.6) is 0 Å². The van der Waals surface area contributed by atoms with E-state index >= 15 is 0 Å². The monoisotopic (exact) mass is 280 g/mol. The molecule has 4 nitrogen and oxygen atoms in total. The fourth-order valence-corrected chi connectivity index (χ4v) is 2.51. The summed E-state index contributed by atoms with van der Waals surface area (Å²) in [6, 6.07) is 14.4.